The minimum atomic E-state index is -0.0133. The third-order valence-corrected chi connectivity index (χ3v) is 5.84. The molecule has 5 heteroatoms. The predicted molar refractivity (Wildman–Crippen MR) is 120 cm³/mol. The zero-order chi connectivity index (χ0) is 20.4. The van der Waals surface area contributed by atoms with Crippen LogP contribution in [0.1, 0.15) is 16.8 Å². The molecule has 0 aliphatic carbocycles. The molecule has 3 aromatic rings. The fourth-order valence-corrected chi connectivity index (χ4v) is 4.02. The van der Waals surface area contributed by atoms with E-state index in [9.17, 15) is 4.79 Å². The molecule has 150 valence electrons. The fraction of sp³-hybridized carbons (Fsp3) is 0.333. The Balaban J connectivity index is 1.44. The zero-order valence-electron chi connectivity index (χ0n) is 17.4. The number of hydrogen-bond acceptors (Lipinski definition) is 4. The monoisotopic (exact) mass is 388 g/mol. The Bertz CT molecular complexity index is 1020. The van der Waals surface area contributed by atoms with Crippen molar-refractivity contribution in [2.45, 2.75) is 20.3 Å². The molecule has 1 N–H and O–H groups in total. The highest BCUT2D eigenvalue weighted by Gasteiger charge is 2.15. The Morgan fingerprint density at radius 1 is 1.00 bits per heavy atom. The second-order valence-electron chi connectivity index (χ2n) is 7.88. The van der Waals surface area contributed by atoms with Crippen molar-refractivity contribution in [2.75, 3.05) is 43.4 Å². The van der Waals surface area contributed by atoms with Crippen molar-refractivity contribution < 1.29 is 4.79 Å². The van der Waals surface area contributed by atoms with Crippen molar-refractivity contribution >= 4 is 28.2 Å². The first-order valence-corrected chi connectivity index (χ1v) is 10.2. The molecular formula is C24H28N4O. The van der Waals surface area contributed by atoms with Gasteiger partial charge in [0, 0.05) is 48.6 Å². The van der Waals surface area contributed by atoms with E-state index in [-0.39, 0.29) is 5.91 Å². The number of anilines is 2. The summed E-state index contributed by atoms with van der Waals surface area (Å²) in [6, 6.07) is 16.2. The van der Waals surface area contributed by atoms with Gasteiger partial charge in [-0.3, -0.25) is 9.78 Å². The fourth-order valence-electron chi connectivity index (χ4n) is 4.02. The molecule has 1 aromatic heterocycles. The van der Waals surface area contributed by atoms with Gasteiger partial charge < -0.3 is 15.1 Å². The number of nitrogens with one attached hydrogen (secondary N) is 1. The third kappa shape index (κ3) is 4.25. The van der Waals surface area contributed by atoms with Crippen molar-refractivity contribution in [3.63, 3.8) is 0 Å². The van der Waals surface area contributed by atoms with Gasteiger partial charge in [-0.1, -0.05) is 18.2 Å². The van der Waals surface area contributed by atoms with E-state index < -0.39 is 0 Å². The van der Waals surface area contributed by atoms with E-state index in [2.05, 4.69) is 52.3 Å². The topological polar surface area (TPSA) is 48.5 Å². The summed E-state index contributed by atoms with van der Waals surface area (Å²) in [5.41, 5.74) is 6.08. The van der Waals surface area contributed by atoms with Crippen molar-refractivity contribution in [1.82, 2.24) is 9.88 Å². The first kappa shape index (κ1) is 19.4. The van der Waals surface area contributed by atoms with Crippen LogP contribution in [0, 0.1) is 13.8 Å². The van der Waals surface area contributed by atoms with E-state index in [0.29, 0.717) is 6.42 Å². The van der Waals surface area contributed by atoms with Crippen molar-refractivity contribution in [3.8, 4) is 0 Å². The third-order valence-electron chi connectivity index (χ3n) is 5.84. The maximum Gasteiger partial charge on any atom is 0.228 e. The van der Waals surface area contributed by atoms with E-state index in [1.165, 1.54) is 5.69 Å². The Kier molecular flexibility index (Phi) is 5.49. The lowest BCUT2D eigenvalue weighted by Crippen LogP contribution is -2.44. The molecule has 1 saturated heterocycles. The number of aromatic nitrogens is 1. The normalized spacial score (nSPS) is 14.9. The SMILES string of the molecule is Cc1nc2ccccc2c(C)c1CC(=O)Nc1ccc(N2CCN(C)CC2)cc1. The van der Waals surface area contributed by atoms with Crippen LogP contribution >= 0.6 is 0 Å². The molecule has 4 rings (SSSR count). The number of hydrogen-bond donors (Lipinski definition) is 1. The first-order chi connectivity index (χ1) is 14.0. The van der Waals surface area contributed by atoms with Crippen LogP contribution in [0.4, 0.5) is 11.4 Å². The average Bonchev–Trinajstić information content (AvgIpc) is 2.72. The summed E-state index contributed by atoms with van der Waals surface area (Å²) in [5.74, 6) is -0.0133. The highest BCUT2D eigenvalue weighted by atomic mass is 16.1. The molecule has 2 heterocycles. The smallest absolute Gasteiger partial charge is 0.228 e. The van der Waals surface area contributed by atoms with Gasteiger partial charge in [0.2, 0.25) is 5.91 Å². The first-order valence-electron chi connectivity index (χ1n) is 10.2. The summed E-state index contributed by atoms with van der Waals surface area (Å²) < 4.78 is 0. The lowest BCUT2D eigenvalue weighted by Gasteiger charge is -2.34. The van der Waals surface area contributed by atoms with Gasteiger partial charge in [-0.25, -0.2) is 0 Å². The van der Waals surface area contributed by atoms with Gasteiger partial charge in [0.25, 0.3) is 0 Å². The number of carbonyl (C=O) groups is 1. The quantitative estimate of drug-likeness (QED) is 0.739. The Labute approximate surface area is 172 Å². The number of carbonyl (C=O) groups excluding carboxylic acids is 1. The number of fused-ring (bicyclic) bond motifs is 1. The second-order valence-corrected chi connectivity index (χ2v) is 7.88. The Morgan fingerprint density at radius 2 is 1.69 bits per heavy atom. The molecule has 1 amide bonds. The molecule has 0 radical (unpaired) electrons. The van der Waals surface area contributed by atoms with Gasteiger partial charge in [-0.05, 0) is 62.4 Å². The number of nitrogens with zero attached hydrogens (tertiary/aromatic N) is 3. The van der Waals surface area contributed by atoms with Gasteiger partial charge in [-0.15, -0.1) is 0 Å². The molecule has 5 nitrogen and oxygen atoms in total. The average molecular weight is 389 g/mol. The molecule has 2 aromatic carbocycles. The molecule has 1 aliphatic heterocycles. The molecule has 29 heavy (non-hydrogen) atoms. The number of aryl methyl sites for hydroxylation is 2. The highest BCUT2D eigenvalue weighted by Crippen LogP contribution is 2.24. The number of pyridine rings is 1. The lowest BCUT2D eigenvalue weighted by molar-refractivity contribution is -0.115. The molecule has 0 bridgehead atoms. The summed E-state index contributed by atoms with van der Waals surface area (Å²) in [6.45, 7) is 8.29. The molecule has 1 aliphatic rings. The van der Waals surface area contributed by atoms with Crippen LogP contribution in [0.2, 0.25) is 0 Å². The number of benzene rings is 2. The number of amides is 1. The number of likely N-dealkylation sites (N-methyl/N-ethyl adjacent to an activating group) is 1. The predicted octanol–water partition coefficient (Wildman–Crippen LogP) is 3.78. The van der Waals surface area contributed by atoms with Gasteiger partial charge in [0.05, 0.1) is 11.9 Å². The van der Waals surface area contributed by atoms with Crippen LogP contribution in [0.15, 0.2) is 48.5 Å². The summed E-state index contributed by atoms with van der Waals surface area (Å²) in [7, 11) is 2.16. The second kappa shape index (κ2) is 8.21. The van der Waals surface area contributed by atoms with Crippen LogP contribution in [-0.4, -0.2) is 49.0 Å². The van der Waals surface area contributed by atoms with E-state index in [0.717, 1.165) is 59.6 Å². The largest absolute Gasteiger partial charge is 0.369 e. The molecule has 0 saturated carbocycles. The minimum Gasteiger partial charge on any atom is -0.369 e. The number of para-hydroxylation sites is 1. The summed E-state index contributed by atoms with van der Waals surface area (Å²) in [6.07, 6.45) is 0.329. The van der Waals surface area contributed by atoms with Crippen molar-refractivity contribution in [3.05, 3.63) is 65.4 Å². The van der Waals surface area contributed by atoms with Gasteiger partial charge in [-0.2, -0.15) is 0 Å². The molecule has 1 fully saturated rings. The number of rotatable bonds is 4. The molecule has 0 atom stereocenters. The Morgan fingerprint density at radius 3 is 2.41 bits per heavy atom. The van der Waals surface area contributed by atoms with E-state index in [1.807, 2.05) is 37.3 Å². The van der Waals surface area contributed by atoms with Gasteiger partial charge in [0.1, 0.15) is 0 Å². The molecule has 0 spiro atoms. The van der Waals surface area contributed by atoms with Crippen molar-refractivity contribution in [2.24, 2.45) is 0 Å². The molecule has 0 unspecified atom stereocenters. The standard InChI is InChI=1S/C24H28N4O/c1-17-21-6-4-5-7-23(21)25-18(2)22(17)16-24(29)26-19-8-10-20(11-9-19)28-14-12-27(3)13-15-28/h4-11H,12-16H2,1-3H3,(H,26,29). The Hall–Kier alpha value is -2.92. The van der Waals surface area contributed by atoms with Crippen LogP contribution < -0.4 is 10.2 Å². The minimum absolute atomic E-state index is 0.0133. The van der Waals surface area contributed by atoms with E-state index in [1.54, 1.807) is 0 Å². The van der Waals surface area contributed by atoms with E-state index >= 15 is 0 Å². The van der Waals surface area contributed by atoms with Gasteiger partial charge in [0.15, 0.2) is 0 Å². The van der Waals surface area contributed by atoms with Crippen LogP contribution in [0.25, 0.3) is 10.9 Å². The van der Waals surface area contributed by atoms with Crippen LogP contribution in [0.3, 0.4) is 0 Å². The summed E-state index contributed by atoms with van der Waals surface area (Å²) >= 11 is 0. The van der Waals surface area contributed by atoms with Gasteiger partial charge >= 0.3 is 0 Å². The summed E-state index contributed by atoms with van der Waals surface area (Å²) in [5, 5.41) is 4.15. The number of piperazine rings is 1. The highest BCUT2D eigenvalue weighted by molar-refractivity contribution is 5.94. The lowest BCUT2D eigenvalue weighted by atomic mass is 9.99. The molecular weight excluding hydrogens is 360 g/mol. The maximum atomic E-state index is 12.7. The van der Waals surface area contributed by atoms with Crippen LogP contribution in [0.5, 0.6) is 0 Å². The van der Waals surface area contributed by atoms with Crippen LogP contribution in [-0.2, 0) is 11.2 Å². The van der Waals surface area contributed by atoms with E-state index in [4.69, 9.17) is 0 Å². The maximum absolute atomic E-state index is 12.7. The van der Waals surface area contributed by atoms with Crippen molar-refractivity contribution in [1.29, 1.82) is 0 Å². The zero-order valence-corrected chi connectivity index (χ0v) is 17.4. The summed E-state index contributed by atoms with van der Waals surface area (Å²) in [4.78, 5) is 22.1.